The predicted octanol–water partition coefficient (Wildman–Crippen LogP) is 2.95. The van der Waals surface area contributed by atoms with Crippen LogP contribution in [0.2, 0.25) is 0 Å². The summed E-state index contributed by atoms with van der Waals surface area (Å²) >= 11 is 1.53. The molecule has 1 aromatic rings. The number of thiophene rings is 1. The summed E-state index contributed by atoms with van der Waals surface area (Å²) in [6.45, 7) is 7.55. The maximum absolute atomic E-state index is 12.0. The van der Waals surface area contributed by atoms with Gasteiger partial charge in [-0.25, -0.2) is 4.79 Å². The third-order valence-corrected chi connectivity index (χ3v) is 3.50. The number of carbonyl (C=O) groups is 2. The molecule has 0 radical (unpaired) electrons. The zero-order chi connectivity index (χ0) is 15.1. The molecule has 0 aliphatic carbocycles. The normalized spacial score (nSPS) is 11.3. The number of nitrogens with zero attached hydrogens (tertiary/aromatic N) is 1. The highest BCUT2D eigenvalue weighted by Crippen LogP contribution is 2.10. The molecule has 1 rings (SSSR count). The van der Waals surface area contributed by atoms with Gasteiger partial charge in [-0.3, -0.25) is 4.79 Å². The Morgan fingerprint density at radius 1 is 1.30 bits per heavy atom. The molecule has 0 atom stereocenters. The number of hydrogen-bond donors (Lipinski definition) is 0. The molecule has 20 heavy (non-hydrogen) atoms. The number of ether oxygens (including phenoxy) is 1. The first-order valence-electron chi connectivity index (χ1n) is 6.61. The molecule has 110 valence electrons. The van der Waals surface area contributed by atoms with Gasteiger partial charge in [0.25, 0.3) is 5.91 Å². The molecule has 0 aromatic carbocycles. The fourth-order valence-corrected chi connectivity index (χ4v) is 2.58. The molecule has 1 heterocycles. The van der Waals surface area contributed by atoms with Crippen LogP contribution in [0.15, 0.2) is 23.6 Å². The lowest BCUT2D eigenvalue weighted by molar-refractivity contribution is -0.150. The van der Waals surface area contributed by atoms with Crippen molar-refractivity contribution in [3.8, 4) is 0 Å². The van der Waals surface area contributed by atoms with Crippen LogP contribution in [0.5, 0.6) is 0 Å². The molecule has 1 aromatic heterocycles. The van der Waals surface area contributed by atoms with Gasteiger partial charge in [0.15, 0.2) is 6.61 Å². The van der Waals surface area contributed by atoms with E-state index < -0.39 is 5.97 Å². The number of esters is 1. The van der Waals surface area contributed by atoms with Gasteiger partial charge in [-0.05, 0) is 45.2 Å². The molecule has 0 bridgehead atoms. The minimum Gasteiger partial charge on any atom is -0.452 e. The van der Waals surface area contributed by atoms with Gasteiger partial charge >= 0.3 is 5.97 Å². The van der Waals surface area contributed by atoms with E-state index in [1.165, 1.54) is 17.4 Å². The summed E-state index contributed by atoms with van der Waals surface area (Å²) in [5.41, 5.74) is 0. The van der Waals surface area contributed by atoms with E-state index in [0.717, 1.165) is 4.88 Å². The summed E-state index contributed by atoms with van der Waals surface area (Å²) < 4.78 is 4.97. The van der Waals surface area contributed by atoms with E-state index in [4.69, 9.17) is 4.74 Å². The average Bonchev–Trinajstić information content (AvgIpc) is 2.86. The third-order valence-electron chi connectivity index (χ3n) is 2.67. The van der Waals surface area contributed by atoms with Crippen LogP contribution in [0.25, 0.3) is 6.08 Å². The number of rotatable bonds is 6. The summed E-state index contributed by atoms with van der Waals surface area (Å²) in [4.78, 5) is 26.2. The zero-order valence-electron chi connectivity index (χ0n) is 12.3. The van der Waals surface area contributed by atoms with Gasteiger partial charge < -0.3 is 9.64 Å². The molecule has 0 saturated heterocycles. The summed E-state index contributed by atoms with van der Waals surface area (Å²) in [5.74, 6) is -0.674. The highest BCUT2D eigenvalue weighted by Gasteiger charge is 2.20. The van der Waals surface area contributed by atoms with Crippen molar-refractivity contribution in [1.82, 2.24) is 4.90 Å². The van der Waals surface area contributed by atoms with Crippen molar-refractivity contribution in [2.24, 2.45) is 0 Å². The van der Waals surface area contributed by atoms with E-state index in [0.29, 0.717) is 0 Å². The van der Waals surface area contributed by atoms with E-state index in [-0.39, 0.29) is 24.6 Å². The molecule has 0 unspecified atom stereocenters. The number of hydrogen-bond acceptors (Lipinski definition) is 4. The molecule has 4 nitrogen and oxygen atoms in total. The Balaban J connectivity index is 2.46. The van der Waals surface area contributed by atoms with Crippen LogP contribution >= 0.6 is 11.3 Å². The lowest BCUT2D eigenvalue weighted by atomic mass is 10.2. The maximum atomic E-state index is 12.0. The van der Waals surface area contributed by atoms with Gasteiger partial charge in [-0.1, -0.05) is 6.07 Å². The second-order valence-corrected chi connectivity index (χ2v) is 5.92. The molecule has 0 N–H and O–H groups in total. The molecular weight excluding hydrogens is 274 g/mol. The van der Waals surface area contributed by atoms with Crippen LogP contribution < -0.4 is 0 Å². The van der Waals surface area contributed by atoms with Crippen molar-refractivity contribution < 1.29 is 14.3 Å². The second kappa shape index (κ2) is 7.85. The average molecular weight is 295 g/mol. The maximum Gasteiger partial charge on any atom is 0.331 e. The molecule has 1 amide bonds. The van der Waals surface area contributed by atoms with Crippen molar-refractivity contribution in [3.05, 3.63) is 28.5 Å². The monoisotopic (exact) mass is 295 g/mol. The topological polar surface area (TPSA) is 46.6 Å². The van der Waals surface area contributed by atoms with E-state index in [2.05, 4.69) is 0 Å². The molecule has 0 aliphatic rings. The molecule has 0 fully saturated rings. The van der Waals surface area contributed by atoms with Gasteiger partial charge in [0, 0.05) is 23.0 Å². The van der Waals surface area contributed by atoms with Crippen molar-refractivity contribution in [3.63, 3.8) is 0 Å². The van der Waals surface area contributed by atoms with Crippen molar-refractivity contribution in [2.75, 3.05) is 6.61 Å². The van der Waals surface area contributed by atoms with Crippen molar-refractivity contribution in [1.29, 1.82) is 0 Å². The van der Waals surface area contributed by atoms with Gasteiger partial charge in [0.05, 0.1) is 0 Å². The van der Waals surface area contributed by atoms with Gasteiger partial charge in [0.1, 0.15) is 0 Å². The zero-order valence-corrected chi connectivity index (χ0v) is 13.1. The molecule has 0 spiro atoms. The predicted molar refractivity (Wildman–Crippen MR) is 81.4 cm³/mol. The Hall–Kier alpha value is -1.62. The van der Waals surface area contributed by atoms with Crippen molar-refractivity contribution in [2.45, 2.75) is 39.8 Å². The Labute approximate surface area is 124 Å². The van der Waals surface area contributed by atoms with Crippen LogP contribution in [0.3, 0.4) is 0 Å². The first-order valence-corrected chi connectivity index (χ1v) is 7.49. The minimum absolute atomic E-state index is 0.0860. The number of amides is 1. The quantitative estimate of drug-likeness (QED) is 0.599. The smallest absolute Gasteiger partial charge is 0.331 e. The van der Waals surface area contributed by atoms with Crippen molar-refractivity contribution >= 4 is 29.3 Å². The Morgan fingerprint density at radius 3 is 2.45 bits per heavy atom. The van der Waals surface area contributed by atoms with E-state index in [9.17, 15) is 9.59 Å². The van der Waals surface area contributed by atoms with Gasteiger partial charge in [0.2, 0.25) is 0 Å². The summed E-state index contributed by atoms with van der Waals surface area (Å²) in [6.07, 6.45) is 3.02. The van der Waals surface area contributed by atoms with E-state index in [1.54, 1.807) is 11.0 Å². The minimum atomic E-state index is -0.501. The largest absolute Gasteiger partial charge is 0.452 e. The van der Waals surface area contributed by atoms with Crippen LogP contribution in [-0.4, -0.2) is 35.5 Å². The highest BCUT2D eigenvalue weighted by molar-refractivity contribution is 7.10. The first kappa shape index (κ1) is 16.4. The Bertz CT molecular complexity index is 455. The SMILES string of the molecule is CC(C)N(C(=O)COC(=O)/C=C/c1cccs1)C(C)C. The third kappa shape index (κ3) is 5.17. The van der Waals surface area contributed by atoms with Crippen LogP contribution in [-0.2, 0) is 14.3 Å². The molecule has 0 saturated carbocycles. The van der Waals surface area contributed by atoms with Crippen LogP contribution in [0, 0.1) is 0 Å². The van der Waals surface area contributed by atoms with Gasteiger partial charge in [-0.2, -0.15) is 0 Å². The van der Waals surface area contributed by atoms with Crippen LogP contribution in [0.1, 0.15) is 32.6 Å². The van der Waals surface area contributed by atoms with E-state index in [1.807, 2.05) is 45.2 Å². The lowest BCUT2D eigenvalue weighted by Gasteiger charge is -2.30. The summed E-state index contributed by atoms with van der Waals surface area (Å²) in [5, 5.41) is 1.93. The van der Waals surface area contributed by atoms with Gasteiger partial charge in [-0.15, -0.1) is 11.3 Å². The standard InChI is InChI=1S/C15H21NO3S/c1-11(2)16(12(3)4)14(17)10-19-15(18)8-7-13-6-5-9-20-13/h5-9,11-12H,10H2,1-4H3/b8-7+. The Kier molecular flexibility index (Phi) is 6.45. The highest BCUT2D eigenvalue weighted by atomic mass is 32.1. The first-order chi connectivity index (χ1) is 9.41. The summed E-state index contributed by atoms with van der Waals surface area (Å²) in [7, 11) is 0. The molecular formula is C15H21NO3S. The fraction of sp³-hybridized carbons (Fsp3) is 0.467. The lowest BCUT2D eigenvalue weighted by Crippen LogP contribution is -2.44. The van der Waals surface area contributed by atoms with E-state index >= 15 is 0 Å². The number of carbonyl (C=O) groups excluding carboxylic acids is 2. The second-order valence-electron chi connectivity index (χ2n) is 4.94. The summed E-state index contributed by atoms with van der Waals surface area (Å²) in [6, 6.07) is 3.98. The Morgan fingerprint density at radius 2 is 1.95 bits per heavy atom. The molecule has 0 aliphatic heterocycles. The van der Waals surface area contributed by atoms with Crippen LogP contribution in [0.4, 0.5) is 0 Å². The molecule has 5 heteroatoms. The fourth-order valence-electron chi connectivity index (χ4n) is 1.96.